The lowest BCUT2D eigenvalue weighted by Gasteiger charge is -2.35. The van der Waals surface area contributed by atoms with E-state index < -0.39 is 0 Å². The van der Waals surface area contributed by atoms with Crippen molar-refractivity contribution in [1.82, 2.24) is 0 Å². The van der Waals surface area contributed by atoms with E-state index in [9.17, 15) is 5.11 Å². The first kappa shape index (κ1) is 14.2. The summed E-state index contributed by atoms with van der Waals surface area (Å²) in [6.07, 6.45) is 1.99. The average molecular weight is 262 g/mol. The zero-order chi connectivity index (χ0) is 14.4. The quantitative estimate of drug-likeness (QED) is 0.834. The number of rotatable bonds is 2. The Hall–Kier alpha value is -1.18. The number of aromatic hydroxyl groups is 1. The summed E-state index contributed by atoms with van der Waals surface area (Å²) in [5.74, 6) is 2.07. The van der Waals surface area contributed by atoms with Crippen LogP contribution in [0.4, 0.5) is 0 Å². The Bertz CT molecular complexity index is 485. The molecule has 0 amide bonds. The van der Waals surface area contributed by atoms with Gasteiger partial charge in [0.05, 0.1) is 0 Å². The van der Waals surface area contributed by atoms with Crippen LogP contribution in [0.5, 0.6) is 11.5 Å². The van der Waals surface area contributed by atoms with Gasteiger partial charge in [-0.15, -0.1) is 0 Å². The molecule has 2 nitrogen and oxygen atoms in total. The van der Waals surface area contributed by atoms with Crippen LogP contribution in [-0.2, 0) is 6.42 Å². The fourth-order valence-electron chi connectivity index (χ4n) is 2.91. The number of hydrogen-bond acceptors (Lipinski definition) is 2. The molecule has 0 saturated heterocycles. The fraction of sp³-hybridized carbons (Fsp3) is 0.647. The van der Waals surface area contributed by atoms with Gasteiger partial charge in [0.15, 0.2) is 0 Å². The Morgan fingerprint density at radius 2 is 1.79 bits per heavy atom. The molecule has 19 heavy (non-hydrogen) atoms. The molecule has 0 spiro atoms. The molecular weight excluding hydrogens is 236 g/mol. The van der Waals surface area contributed by atoms with Gasteiger partial charge in [0.2, 0.25) is 0 Å². The topological polar surface area (TPSA) is 29.5 Å². The second-order valence-electron chi connectivity index (χ2n) is 6.88. The van der Waals surface area contributed by atoms with Gasteiger partial charge in [-0.25, -0.2) is 0 Å². The highest BCUT2D eigenvalue weighted by atomic mass is 16.5. The summed E-state index contributed by atoms with van der Waals surface area (Å²) < 4.78 is 6.14. The van der Waals surface area contributed by atoms with Crippen LogP contribution in [0.15, 0.2) is 6.07 Å². The van der Waals surface area contributed by atoms with E-state index >= 15 is 0 Å². The molecule has 0 aromatic heterocycles. The van der Waals surface area contributed by atoms with Crippen molar-refractivity contribution in [3.8, 4) is 11.5 Å². The minimum atomic E-state index is -0.105. The van der Waals surface area contributed by atoms with Crippen LogP contribution in [0.1, 0.15) is 76.5 Å². The predicted molar refractivity (Wildman–Crippen MR) is 79.3 cm³/mol. The second-order valence-corrected chi connectivity index (χ2v) is 6.88. The molecule has 2 rings (SSSR count). The lowest BCUT2D eigenvalue weighted by molar-refractivity contribution is 0.0838. The van der Waals surface area contributed by atoms with Gasteiger partial charge in [-0.1, -0.05) is 27.7 Å². The maximum absolute atomic E-state index is 10.6. The van der Waals surface area contributed by atoms with Crippen LogP contribution in [-0.4, -0.2) is 10.7 Å². The Labute approximate surface area is 116 Å². The van der Waals surface area contributed by atoms with Crippen molar-refractivity contribution in [3.63, 3.8) is 0 Å². The van der Waals surface area contributed by atoms with E-state index in [4.69, 9.17) is 4.74 Å². The Morgan fingerprint density at radius 1 is 1.16 bits per heavy atom. The number of phenolic OH excluding ortho intramolecular Hbond substituents is 1. The standard InChI is InChI=1S/C17H26O2/c1-10(2)13-9-14-12(7-8-17(5,6)19-14)15(11(3)4)16(13)18/h9-11,18H,7-8H2,1-6H3. The smallest absolute Gasteiger partial charge is 0.124 e. The van der Waals surface area contributed by atoms with E-state index in [1.807, 2.05) is 6.07 Å². The lowest BCUT2D eigenvalue weighted by Crippen LogP contribution is -2.33. The monoisotopic (exact) mass is 262 g/mol. The SMILES string of the molecule is CC(C)c1cc2c(c(C(C)C)c1O)CCC(C)(C)O2. The van der Waals surface area contributed by atoms with E-state index in [1.54, 1.807) is 0 Å². The van der Waals surface area contributed by atoms with Crippen LogP contribution in [0, 0.1) is 0 Å². The molecule has 0 atom stereocenters. The summed E-state index contributed by atoms with van der Waals surface area (Å²) >= 11 is 0. The first-order valence-electron chi connectivity index (χ1n) is 7.30. The molecule has 1 aliphatic heterocycles. The Balaban J connectivity index is 2.64. The average Bonchev–Trinajstić information content (AvgIpc) is 2.26. The van der Waals surface area contributed by atoms with Crippen molar-refractivity contribution in [3.05, 3.63) is 22.8 Å². The highest BCUT2D eigenvalue weighted by Gasteiger charge is 2.31. The molecule has 2 heteroatoms. The highest BCUT2D eigenvalue weighted by molar-refractivity contribution is 5.56. The van der Waals surface area contributed by atoms with Gasteiger partial charge in [-0.2, -0.15) is 0 Å². The maximum Gasteiger partial charge on any atom is 0.124 e. The Morgan fingerprint density at radius 3 is 2.32 bits per heavy atom. The third kappa shape index (κ3) is 2.58. The predicted octanol–water partition coefficient (Wildman–Crippen LogP) is 4.74. The van der Waals surface area contributed by atoms with E-state index in [0.29, 0.717) is 17.6 Å². The largest absolute Gasteiger partial charge is 0.507 e. The van der Waals surface area contributed by atoms with Crippen LogP contribution >= 0.6 is 0 Å². The number of phenols is 1. The van der Waals surface area contributed by atoms with E-state index in [-0.39, 0.29) is 5.60 Å². The summed E-state index contributed by atoms with van der Waals surface area (Å²) in [7, 11) is 0. The minimum Gasteiger partial charge on any atom is -0.507 e. The van der Waals surface area contributed by atoms with Gasteiger partial charge < -0.3 is 9.84 Å². The molecule has 0 radical (unpaired) electrons. The van der Waals surface area contributed by atoms with Crippen LogP contribution in [0.3, 0.4) is 0 Å². The van der Waals surface area contributed by atoms with E-state index in [0.717, 1.165) is 29.7 Å². The van der Waals surface area contributed by atoms with Gasteiger partial charge >= 0.3 is 0 Å². The van der Waals surface area contributed by atoms with E-state index in [2.05, 4.69) is 41.5 Å². The van der Waals surface area contributed by atoms with Crippen molar-refractivity contribution in [2.75, 3.05) is 0 Å². The van der Waals surface area contributed by atoms with Crippen LogP contribution < -0.4 is 4.74 Å². The first-order valence-corrected chi connectivity index (χ1v) is 7.30. The highest BCUT2D eigenvalue weighted by Crippen LogP contribution is 2.45. The van der Waals surface area contributed by atoms with E-state index in [1.165, 1.54) is 5.56 Å². The molecule has 0 fully saturated rings. The number of benzene rings is 1. The zero-order valence-corrected chi connectivity index (χ0v) is 13.0. The molecule has 0 saturated carbocycles. The molecule has 106 valence electrons. The van der Waals surface area contributed by atoms with Crippen molar-refractivity contribution in [2.45, 2.75) is 71.8 Å². The number of ether oxygens (including phenoxy) is 1. The number of fused-ring (bicyclic) bond motifs is 1. The number of hydrogen-bond donors (Lipinski definition) is 1. The summed E-state index contributed by atoms with van der Waals surface area (Å²) in [5.41, 5.74) is 3.18. The van der Waals surface area contributed by atoms with Gasteiger partial charge in [0.25, 0.3) is 0 Å². The molecule has 1 N–H and O–H groups in total. The molecule has 1 aliphatic rings. The van der Waals surface area contributed by atoms with Gasteiger partial charge in [0.1, 0.15) is 17.1 Å². The Kier molecular flexibility index (Phi) is 3.55. The molecule has 1 heterocycles. The minimum absolute atomic E-state index is 0.105. The summed E-state index contributed by atoms with van der Waals surface area (Å²) in [4.78, 5) is 0. The van der Waals surface area contributed by atoms with Crippen LogP contribution in [0.25, 0.3) is 0 Å². The molecule has 0 unspecified atom stereocenters. The van der Waals surface area contributed by atoms with Gasteiger partial charge in [-0.3, -0.25) is 0 Å². The second kappa shape index (κ2) is 4.73. The first-order chi connectivity index (χ1) is 8.73. The third-order valence-electron chi connectivity index (χ3n) is 4.00. The summed E-state index contributed by atoms with van der Waals surface area (Å²) in [6, 6.07) is 2.04. The van der Waals surface area contributed by atoms with Crippen molar-refractivity contribution in [2.24, 2.45) is 0 Å². The van der Waals surface area contributed by atoms with Crippen molar-refractivity contribution in [1.29, 1.82) is 0 Å². The van der Waals surface area contributed by atoms with Gasteiger partial charge in [-0.05, 0) is 44.6 Å². The maximum atomic E-state index is 10.6. The normalized spacial score (nSPS) is 17.5. The van der Waals surface area contributed by atoms with Gasteiger partial charge in [0, 0.05) is 16.7 Å². The van der Waals surface area contributed by atoms with Crippen LogP contribution in [0.2, 0.25) is 0 Å². The fourth-order valence-corrected chi connectivity index (χ4v) is 2.91. The zero-order valence-electron chi connectivity index (χ0n) is 13.0. The third-order valence-corrected chi connectivity index (χ3v) is 4.00. The summed E-state index contributed by atoms with van der Waals surface area (Å²) in [6.45, 7) is 12.8. The molecule has 0 bridgehead atoms. The van der Waals surface area contributed by atoms with Crippen molar-refractivity contribution < 1.29 is 9.84 Å². The molecule has 1 aromatic carbocycles. The summed E-state index contributed by atoms with van der Waals surface area (Å²) in [5, 5.41) is 10.6. The molecular formula is C17H26O2. The molecule has 0 aliphatic carbocycles. The molecule has 1 aromatic rings. The lowest BCUT2D eigenvalue weighted by atomic mass is 9.84. The van der Waals surface area contributed by atoms with Crippen molar-refractivity contribution >= 4 is 0 Å².